The minimum absolute atomic E-state index is 0.444. The zero-order valence-electron chi connectivity index (χ0n) is 17.0. The fourth-order valence-electron chi connectivity index (χ4n) is 3.86. The van der Waals surface area contributed by atoms with E-state index in [9.17, 15) is 0 Å². The second-order valence-electron chi connectivity index (χ2n) is 7.45. The van der Waals surface area contributed by atoms with Crippen molar-refractivity contribution in [3.63, 3.8) is 0 Å². The van der Waals surface area contributed by atoms with Crippen LogP contribution in [0.5, 0.6) is 0 Å². The van der Waals surface area contributed by atoms with E-state index >= 15 is 0 Å². The van der Waals surface area contributed by atoms with Crippen LogP contribution in [0.3, 0.4) is 0 Å². The fourth-order valence-corrected chi connectivity index (χ4v) is 3.86. The van der Waals surface area contributed by atoms with Crippen molar-refractivity contribution in [2.75, 3.05) is 39.9 Å². The smallest absolute Gasteiger partial charge is 0.191 e. The van der Waals surface area contributed by atoms with Crippen molar-refractivity contribution in [1.29, 1.82) is 0 Å². The molecule has 2 heterocycles. The molecular weight excluding hydrogens is 338 g/mol. The Balaban J connectivity index is 1.47. The van der Waals surface area contributed by atoms with Crippen molar-refractivity contribution in [3.05, 3.63) is 35.5 Å². The van der Waals surface area contributed by atoms with Gasteiger partial charge < -0.3 is 20.4 Å². The summed E-state index contributed by atoms with van der Waals surface area (Å²) >= 11 is 0. The van der Waals surface area contributed by atoms with Gasteiger partial charge in [-0.2, -0.15) is 0 Å². The van der Waals surface area contributed by atoms with Crippen molar-refractivity contribution in [2.24, 2.45) is 4.99 Å². The molecule has 1 fully saturated rings. The molecule has 3 rings (SSSR count). The molecule has 0 aliphatic carbocycles. The molecule has 0 spiro atoms. The molecule has 1 aliphatic heterocycles. The Labute approximate surface area is 162 Å². The molecule has 2 unspecified atom stereocenters. The molecule has 1 aromatic heterocycles. The van der Waals surface area contributed by atoms with E-state index in [0.29, 0.717) is 12.1 Å². The van der Waals surface area contributed by atoms with E-state index < -0.39 is 0 Å². The normalized spacial score (nSPS) is 20.0. The van der Waals surface area contributed by atoms with E-state index in [1.54, 1.807) is 0 Å². The van der Waals surface area contributed by atoms with E-state index in [0.717, 1.165) is 45.2 Å². The average Bonchev–Trinajstić information content (AvgIpc) is 3.09. The van der Waals surface area contributed by atoms with Crippen LogP contribution >= 0.6 is 0 Å². The molecule has 148 valence electrons. The maximum atomic E-state index is 5.53. The minimum Gasteiger partial charge on any atom is -0.379 e. The third-order valence-corrected chi connectivity index (χ3v) is 5.47. The van der Waals surface area contributed by atoms with Crippen LogP contribution in [-0.2, 0) is 11.2 Å². The summed E-state index contributed by atoms with van der Waals surface area (Å²) in [6.45, 7) is 11.0. The number of rotatable bonds is 6. The van der Waals surface area contributed by atoms with Gasteiger partial charge in [0.2, 0.25) is 0 Å². The van der Waals surface area contributed by atoms with Gasteiger partial charge in [-0.15, -0.1) is 0 Å². The van der Waals surface area contributed by atoms with Crippen molar-refractivity contribution in [2.45, 2.75) is 39.3 Å². The number of para-hydroxylation sites is 1. The van der Waals surface area contributed by atoms with E-state index in [1.165, 1.54) is 22.0 Å². The molecule has 3 N–H and O–H groups in total. The summed E-state index contributed by atoms with van der Waals surface area (Å²) in [5.41, 5.74) is 3.87. The lowest BCUT2D eigenvalue weighted by Gasteiger charge is -2.38. The topological polar surface area (TPSA) is 64.7 Å². The zero-order chi connectivity index (χ0) is 19.2. The average molecular weight is 372 g/mol. The first-order chi connectivity index (χ1) is 13.1. The number of guanidine groups is 1. The molecule has 2 aromatic rings. The summed E-state index contributed by atoms with van der Waals surface area (Å²) in [4.78, 5) is 10.3. The summed E-state index contributed by atoms with van der Waals surface area (Å²) < 4.78 is 5.53. The summed E-state index contributed by atoms with van der Waals surface area (Å²) in [5.74, 6) is 0.860. The van der Waals surface area contributed by atoms with Crippen LogP contribution in [0.15, 0.2) is 29.4 Å². The number of ether oxygens (including phenoxy) is 1. The monoisotopic (exact) mass is 371 g/mol. The van der Waals surface area contributed by atoms with Gasteiger partial charge >= 0.3 is 0 Å². The Morgan fingerprint density at radius 1 is 1.41 bits per heavy atom. The first-order valence-electron chi connectivity index (χ1n) is 9.93. The number of aliphatic imine (C=N–C) groups is 1. The van der Waals surface area contributed by atoms with Crippen LogP contribution in [0.1, 0.15) is 25.0 Å². The van der Waals surface area contributed by atoms with Crippen molar-refractivity contribution in [1.82, 2.24) is 20.5 Å². The molecule has 1 saturated heterocycles. The van der Waals surface area contributed by atoms with Crippen LogP contribution in [0.2, 0.25) is 0 Å². The summed E-state index contributed by atoms with van der Waals surface area (Å²) in [6.07, 6.45) is 3.08. The molecule has 0 radical (unpaired) electrons. The highest BCUT2D eigenvalue weighted by atomic mass is 16.5. The lowest BCUT2D eigenvalue weighted by Crippen LogP contribution is -2.53. The Morgan fingerprint density at radius 2 is 2.26 bits per heavy atom. The van der Waals surface area contributed by atoms with Gasteiger partial charge in [-0.1, -0.05) is 18.2 Å². The van der Waals surface area contributed by atoms with Crippen molar-refractivity contribution >= 4 is 16.9 Å². The Morgan fingerprint density at radius 3 is 3.04 bits per heavy atom. The van der Waals surface area contributed by atoms with Gasteiger partial charge in [0.15, 0.2) is 5.96 Å². The number of nitrogens with one attached hydrogen (secondary N) is 3. The zero-order valence-corrected chi connectivity index (χ0v) is 17.0. The van der Waals surface area contributed by atoms with Crippen molar-refractivity contribution in [3.8, 4) is 0 Å². The molecule has 6 nitrogen and oxygen atoms in total. The molecule has 2 atom stereocenters. The number of morpholine rings is 1. The van der Waals surface area contributed by atoms with Gasteiger partial charge in [-0.05, 0) is 38.3 Å². The number of hydrogen-bond acceptors (Lipinski definition) is 3. The fraction of sp³-hybridized carbons (Fsp3) is 0.571. The highest BCUT2D eigenvalue weighted by Crippen LogP contribution is 2.21. The third-order valence-electron chi connectivity index (χ3n) is 5.47. The van der Waals surface area contributed by atoms with Gasteiger partial charge in [-0.3, -0.25) is 9.89 Å². The van der Waals surface area contributed by atoms with Crippen molar-refractivity contribution < 1.29 is 4.74 Å². The highest BCUT2D eigenvalue weighted by molar-refractivity contribution is 5.86. The third kappa shape index (κ3) is 4.82. The predicted molar refractivity (Wildman–Crippen MR) is 113 cm³/mol. The first-order valence-corrected chi connectivity index (χ1v) is 9.93. The SMILES string of the molecule is CN=C(NCCc1c[nH]c2c(C)cccc12)NCC(C)N1CCOCC1C. The molecule has 0 amide bonds. The second kappa shape index (κ2) is 9.24. The summed E-state index contributed by atoms with van der Waals surface area (Å²) in [6, 6.07) is 7.36. The first kappa shape index (κ1) is 19.7. The number of aromatic amines is 1. The van der Waals surface area contributed by atoms with Crippen LogP contribution in [0, 0.1) is 6.92 Å². The molecular formula is C21H33N5O. The van der Waals surface area contributed by atoms with Crippen LogP contribution in [0.25, 0.3) is 10.9 Å². The second-order valence-corrected chi connectivity index (χ2v) is 7.45. The van der Waals surface area contributed by atoms with Crippen LogP contribution in [0.4, 0.5) is 0 Å². The lowest BCUT2D eigenvalue weighted by molar-refractivity contribution is -0.0174. The van der Waals surface area contributed by atoms with Crippen LogP contribution < -0.4 is 10.6 Å². The standard InChI is InChI=1S/C21H33N5O/c1-15-6-5-7-19-18(13-24-20(15)19)8-9-23-21(22-4)25-12-16(2)26-10-11-27-14-17(26)3/h5-7,13,16-17,24H,8-12,14H2,1-4H3,(H2,22,23,25). The number of benzene rings is 1. The molecule has 0 saturated carbocycles. The van der Waals surface area contributed by atoms with E-state index in [2.05, 4.69) is 70.7 Å². The van der Waals surface area contributed by atoms with Gasteiger partial charge in [0.05, 0.1) is 13.2 Å². The minimum atomic E-state index is 0.444. The van der Waals surface area contributed by atoms with E-state index in [4.69, 9.17) is 4.74 Å². The molecule has 27 heavy (non-hydrogen) atoms. The largest absolute Gasteiger partial charge is 0.379 e. The Kier molecular flexibility index (Phi) is 6.74. The predicted octanol–water partition coefficient (Wildman–Crippen LogP) is 2.29. The Bertz CT molecular complexity index is 769. The Hall–Kier alpha value is -2.05. The summed E-state index contributed by atoms with van der Waals surface area (Å²) in [7, 11) is 1.83. The maximum Gasteiger partial charge on any atom is 0.191 e. The molecule has 1 aromatic carbocycles. The number of aromatic nitrogens is 1. The quantitative estimate of drug-likeness (QED) is 0.538. The van der Waals surface area contributed by atoms with Gasteiger partial charge in [0, 0.05) is 55.9 Å². The highest BCUT2D eigenvalue weighted by Gasteiger charge is 2.23. The van der Waals surface area contributed by atoms with E-state index in [-0.39, 0.29) is 0 Å². The van der Waals surface area contributed by atoms with Gasteiger partial charge in [-0.25, -0.2) is 0 Å². The lowest BCUT2D eigenvalue weighted by atomic mass is 10.1. The van der Waals surface area contributed by atoms with Gasteiger partial charge in [0.25, 0.3) is 0 Å². The molecule has 6 heteroatoms. The number of hydrogen-bond donors (Lipinski definition) is 3. The molecule has 0 bridgehead atoms. The molecule has 1 aliphatic rings. The summed E-state index contributed by atoms with van der Waals surface area (Å²) in [5, 5.41) is 8.21. The number of H-pyrrole nitrogens is 1. The van der Waals surface area contributed by atoms with E-state index in [1.807, 2.05) is 7.05 Å². The maximum absolute atomic E-state index is 5.53. The number of fused-ring (bicyclic) bond motifs is 1. The number of aryl methyl sites for hydroxylation is 1. The van der Waals surface area contributed by atoms with Gasteiger partial charge in [0.1, 0.15) is 0 Å². The van der Waals surface area contributed by atoms with Crippen LogP contribution in [-0.4, -0.2) is 67.8 Å². The number of nitrogens with zero attached hydrogens (tertiary/aromatic N) is 2.